The minimum atomic E-state index is -0.449. The molecule has 4 heterocycles. The Balaban J connectivity index is 1.66. The van der Waals surface area contributed by atoms with Gasteiger partial charge in [-0.1, -0.05) is 12.0 Å². The lowest BCUT2D eigenvalue weighted by molar-refractivity contribution is 0.496. The number of hydrogen-bond acceptors (Lipinski definition) is 7. The molecule has 0 saturated carbocycles. The quantitative estimate of drug-likeness (QED) is 0.335. The molecule has 1 aliphatic rings. The zero-order valence-corrected chi connectivity index (χ0v) is 19.9. The van der Waals surface area contributed by atoms with E-state index >= 15 is 0 Å². The molecule has 1 aliphatic heterocycles. The van der Waals surface area contributed by atoms with E-state index in [0.717, 1.165) is 30.3 Å². The zero-order valence-electron chi connectivity index (χ0n) is 19.9. The molecule has 5 rings (SSSR count). The van der Waals surface area contributed by atoms with E-state index in [2.05, 4.69) is 21.7 Å². The number of nitrogens with two attached hydrogens (primary N) is 2. The molecule has 3 aromatic heterocycles. The van der Waals surface area contributed by atoms with Gasteiger partial charge in [-0.3, -0.25) is 23.5 Å². The van der Waals surface area contributed by atoms with Gasteiger partial charge in [-0.2, -0.15) is 4.98 Å². The molecule has 10 heteroatoms. The van der Waals surface area contributed by atoms with Crippen molar-refractivity contribution in [2.75, 3.05) is 23.7 Å². The summed E-state index contributed by atoms with van der Waals surface area (Å²) >= 11 is 0. The third-order valence-electron chi connectivity index (χ3n) is 6.46. The lowest BCUT2D eigenvalue weighted by Crippen LogP contribution is -2.44. The van der Waals surface area contributed by atoms with Crippen LogP contribution in [0, 0.1) is 11.8 Å². The molecule has 0 spiro atoms. The Morgan fingerprint density at radius 1 is 1.14 bits per heavy atom. The Morgan fingerprint density at radius 2 is 1.97 bits per heavy atom. The second-order valence-electron chi connectivity index (χ2n) is 8.93. The molecule has 35 heavy (non-hydrogen) atoms. The van der Waals surface area contributed by atoms with Crippen LogP contribution in [-0.2, 0) is 20.1 Å². The highest BCUT2D eigenvalue weighted by molar-refractivity contribution is 5.82. The Labute approximate surface area is 201 Å². The van der Waals surface area contributed by atoms with Gasteiger partial charge in [0.1, 0.15) is 0 Å². The summed E-state index contributed by atoms with van der Waals surface area (Å²) < 4.78 is 4.43. The molecule has 0 amide bonds. The van der Waals surface area contributed by atoms with Crippen molar-refractivity contribution in [3.63, 3.8) is 0 Å². The number of benzene rings is 1. The van der Waals surface area contributed by atoms with Crippen LogP contribution < -0.4 is 27.6 Å². The summed E-state index contributed by atoms with van der Waals surface area (Å²) in [5.41, 5.74) is 13.9. The van der Waals surface area contributed by atoms with E-state index in [1.54, 1.807) is 30.7 Å². The Bertz CT molecular complexity index is 1620. The fraction of sp³-hybridized carbons (Fsp3) is 0.360. The SMILES string of the molecule is CC#CCn1c(N2CCCC(N)C2)nc2c1c(=O)n(Cc1ccc3cc(N)ccc3n1)c(=O)n2C. The Hall–Kier alpha value is -4.10. The fourth-order valence-electron chi connectivity index (χ4n) is 4.68. The van der Waals surface area contributed by atoms with Crippen molar-refractivity contribution < 1.29 is 0 Å². The van der Waals surface area contributed by atoms with Crippen LogP contribution in [-0.4, -0.2) is 42.8 Å². The number of aromatic nitrogens is 5. The van der Waals surface area contributed by atoms with Crippen molar-refractivity contribution in [3.05, 3.63) is 56.9 Å². The van der Waals surface area contributed by atoms with Gasteiger partial charge in [0.2, 0.25) is 5.95 Å². The second kappa shape index (κ2) is 8.92. The standard InChI is InChI=1S/C25H28N8O2/c1-3-4-12-32-21-22(29-24(32)31-11-5-6-18(27)14-31)30(2)25(35)33(23(21)34)15-19-9-7-16-13-17(26)8-10-20(16)28-19/h7-10,13,18H,5-6,11-12,14-15,26-27H2,1-2H3. The second-order valence-corrected chi connectivity index (χ2v) is 8.93. The molecule has 1 atom stereocenters. The minimum absolute atomic E-state index is 0.0316. The number of nitrogens with zero attached hydrogens (tertiary/aromatic N) is 6. The number of piperidine rings is 1. The summed E-state index contributed by atoms with van der Waals surface area (Å²) in [6.45, 7) is 3.50. The van der Waals surface area contributed by atoms with Gasteiger partial charge in [0.25, 0.3) is 5.56 Å². The predicted octanol–water partition coefficient (Wildman–Crippen LogP) is 1.03. The average Bonchev–Trinajstić information content (AvgIpc) is 3.24. The van der Waals surface area contributed by atoms with Gasteiger partial charge >= 0.3 is 5.69 Å². The minimum Gasteiger partial charge on any atom is -0.399 e. The van der Waals surface area contributed by atoms with Crippen LogP contribution in [0.3, 0.4) is 0 Å². The van der Waals surface area contributed by atoms with Gasteiger partial charge in [-0.05, 0) is 44.0 Å². The number of rotatable bonds is 4. The molecule has 1 aromatic carbocycles. The topological polar surface area (TPSA) is 130 Å². The number of fused-ring (bicyclic) bond motifs is 2. The molecule has 4 N–H and O–H groups in total. The maximum absolute atomic E-state index is 13.7. The summed E-state index contributed by atoms with van der Waals surface area (Å²) in [6, 6.07) is 9.16. The first-order chi connectivity index (χ1) is 16.9. The molecule has 0 bridgehead atoms. The number of hydrogen-bond donors (Lipinski definition) is 2. The maximum Gasteiger partial charge on any atom is 0.332 e. The maximum atomic E-state index is 13.7. The van der Waals surface area contributed by atoms with Crippen LogP contribution in [0.2, 0.25) is 0 Å². The lowest BCUT2D eigenvalue weighted by Gasteiger charge is -2.31. The summed E-state index contributed by atoms with van der Waals surface area (Å²) in [6.07, 6.45) is 1.88. The number of anilines is 2. The summed E-state index contributed by atoms with van der Waals surface area (Å²) in [5, 5.41) is 0.894. The van der Waals surface area contributed by atoms with Gasteiger partial charge in [0.05, 0.1) is 24.3 Å². The summed E-state index contributed by atoms with van der Waals surface area (Å²) in [4.78, 5) is 38.4. The van der Waals surface area contributed by atoms with Crippen molar-refractivity contribution in [2.24, 2.45) is 12.8 Å². The van der Waals surface area contributed by atoms with E-state index in [1.165, 1.54) is 9.13 Å². The van der Waals surface area contributed by atoms with Crippen molar-refractivity contribution in [3.8, 4) is 11.8 Å². The molecular formula is C25H28N8O2. The molecule has 1 unspecified atom stereocenters. The van der Waals surface area contributed by atoms with E-state index in [1.807, 2.05) is 18.2 Å². The number of nitrogen functional groups attached to an aromatic ring is 1. The first-order valence-corrected chi connectivity index (χ1v) is 11.6. The third-order valence-corrected chi connectivity index (χ3v) is 6.46. The summed E-state index contributed by atoms with van der Waals surface area (Å²) in [7, 11) is 1.63. The van der Waals surface area contributed by atoms with Gasteiger partial charge in [0, 0.05) is 37.3 Å². The van der Waals surface area contributed by atoms with E-state index < -0.39 is 11.2 Å². The Morgan fingerprint density at radius 3 is 2.74 bits per heavy atom. The van der Waals surface area contributed by atoms with Crippen LogP contribution in [0.15, 0.2) is 39.9 Å². The molecule has 4 aromatic rings. The largest absolute Gasteiger partial charge is 0.399 e. The molecule has 1 fully saturated rings. The van der Waals surface area contributed by atoms with Crippen molar-refractivity contribution >= 4 is 33.7 Å². The molecule has 0 aliphatic carbocycles. The fourth-order valence-corrected chi connectivity index (χ4v) is 4.68. The average molecular weight is 473 g/mol. The van der Waals surface area contributed by atoms with Crippen LogP contribution >= 0.6 is 0 Å². The molecule has 1 saturated heterocycles. The van der Waals surface area contributed by atoms with Crippen molar-refractivity contribution in [2.45, 2.75) is 38.9 Å². The molecule has 0 radical (unpaired) electrons. The van der Waals surface area contributed by atoms with Gasteiger partial charge < -0.3 is 16.4 Å². The van der Waals surface area contributed by atoms with Crippen LogP contribution in [0.1, 0.15) is 25.5 Å². The highest BCUT2D eigenvalue weighted by Crippen LogP contribution is 2.23. The highest BCUT2D eigenvalue weighted by atomic mass is 16.2. The number of imidazole rings is 1. The van der Waals surface area contributed by atoms with Gasteiger partial charge in [-0.15, -0.1) is 5.92 Å². The third kappa shape index (κ3) is 4.04. The molecular weight excluding hydrogens is 444 g/mol. The van der Waals surface area contributed by atoms with Crippen LogP contribution in [0.5, 0.6) is 0 Å². The molecule has 180 valence electrons. The number of aryl methyl sites for hydroxylation is 1. The Kier molecular flexibility index (Phi) is 5.78. The van der Waals surface area contributed by atoms with E-state index in [0.29, 0.717) is 35.0 Å². The van der Waals surface area contributed by atoms with Crippen LogP contribution in [0.25, 0.3) is 22.1 Å². The summed E-state index contributed by atoms with van der Waals surface area (Å²) in [5.74, 6) is 6.55. The first-order valence-electron chi connectivity index (χ1n) is 11.6. The highest BCUT2D eigenvalue weighted by Gasteiger charge is 2.26. The first kappa shape index (κ1) is 22.7. The normalized spacial score (nSPS) is 16.0. The van der Waals surface area contributed by atoms with Gasteiger partial charge in [-0.25, -0.2) is 4.79 Å². The monoisotopic (exact) mass is 472 g/mol. The van der Waals surface area contributed by atoms with E-state index in [9.17, 15) is 9.59 Å². The van der Waals surface area contributed by atoms with E-state index in [4.69, 9.17) is 16.5 Å². The predicted molar refractivity (Wildman–Crippen MR) is 137 cm³/mol. The van der Waals surface area contributed by atoms with Crippen molar-refractivity contribution in [1.82, 2.24) is 23.7 Å². The smallest absolute Gasteiger partial charge is 0.332 e. The lowest BCUT2D eigenvalue weighted by atomic mass is 10.1. The number of pyridine rings is 1. The van der Waals surface area contributed by atoms with Crippen LogP contribution in [0.4, 0.5) is 11.6 Å². The molecule has 10 nitrogen and oxygen atoms in total. The van der Waals surface area contributed by atoms with E-state index in [-0.39, 0.29) is 19.1 Å². The van der Waals surface area contributed by atoms with Gasteiger partial charge in [0.15, 0.2) is 11.2 Å². The zero-order chi connectivity index (χ0) is 24.7. The van der Waals surface area contributed by atoms with Crippen molar-refractivity contribution in [1.29, 1.82) is 0 Å².